The van der Waals surface area contributed by atoms with Gasteiger partial charge in [-0.05, 0) is 31.6 Å². The maximum absolute atomic E-state index is 13.5. The number of rotatable bonds is 3. The predicted molar refractivity (Wildman–Crippen MR) is 83.9 cm³/mol. The first-order chi connectivity index (χ1) is 11.1. The van der Waals surface area contributed by atoms with Gasteiger partial charge in [0.25, 0.3) is 5.72 Å². The van der Waals surface area contributed by atoms with Gasteiger partial charge in [0.1, 0.15) is 5.92 Å². The molecule has 2 rings (SSSR count). The lowest BCUT2D eigenvalue weighted by Gasteiger charge is -2.45. The van der Waals surface area contributed by atoms with Crippen LogP contribution in [0, 0.1) is 12.8 Å². The Bertz CT molecular complexity index is 636. The van der Waals surface area contributed by atoms with Crippen LogP contribution in [0.3, 0.4) is 0 Å². The molecule has 1 aliphatic rings. The molecule has 24 heavy (non-hydrogen) atoms. The Balaban J connectivity index is 2.55. The number of benzene rings is 1. The molecular formula is C15H17F3N2O3S. The Hall–Kier alpha value is -1.87. The molecule has 3 unspecified atom stereocenters. The maximum Gasteiger partial charge on any atom is 0.437 e. The first kappa shape index (κ1) is 18.5. The first-order valence-electron chi connectivity index (χ1n) is 7.21. The third-order valence-electron chi connectivity index (χ3n) is 3.78. The van der Waals surface area contributed by atoms with Crippen molar-refractivity contribution in [2.45, 2.75) is 31.8 Å². The van der Waals surface area contributed by atoms with Gasteiger partial charge >= 0.3 is 12.1 Å². The fraction of sp³-hybridized carbons (Fsp3) is 0.467. The normalized spacial score (nSPS) is 27.2. The molecule has 0 aromatic heterocycles. The van der Waals surface area contributed by atoms with Crippen molar-refractivity contribution in [1.82, 2.24) is 10.6 Å². The number of aliphatic hydroxyl groups is 1. The summed E-state index contributed by atoms with van der Waals surface area (Å²) in [5, 5.41) is 14.3. The molecule has 9 heteroatoms. The summed E-state index contributed by atoms with van der Waals surface area (Å²) in [5.41, 5.74) is -2.25. The van der Waals surface area contributed by atoms with E-state index in [1.54, 1.807) is 29.6 Å². The van der Waals surface area contributed by atoms with Gasteiger partial charge in [-0.25, -0.2) is 0 Å². The molecule has 3 atom stereocenters. The summed E-state index contributed by atoms with van der Waals surface area (Å²) < 4.78 is 45.2. The number of hydrogen-bond donors (Lipinski definition) is 3. The van der Waals surface area contributed by atoms with Gasteiger partial charge in [-0.2, -0.15) is 13.2 Å². The smallest absolute Gasteiger partial charge is 0.437 e. The highest BCUT2D eigenvalue weighted by Gasteiger charge is 2.66. The average Bonchev–Trinajstić information content (AvgIpc) is 2.46. The number of esters is 1. The third-order valence-corrected chi connectivity index (χ3v) is 4.00. The van der Waals surface area contributed by atoms with Gasteiger partial charge in [0.15, 0.2) is 5.11 Å². The van der Waals surface area contributed by atoms with Crippen LogP contribution in [0.5, 0.6) is 0 Å². The van der Waals surface area contributed by atoms with Gasteiger partial charge in [-0.3, -0.25) is 4.79 Å². The molecule has 1 saturated heterocycles. The molecule has 1 aliphatic heterocycles. The standard InChI is InChI=1S/C15H17F3N2O3S/c1-3-23-12(21)10-11(9-6-4-8(2)5-7-9)19-13(24)20-14(10,22)15(16,17)18/h4-7,10-11,22H,3H2,1-2H3,(H2,19,20,24). The van der Waals surface area contributed by atoms with Crippen molar-refractivity contribution in [2.75, 3.05) is 6.61 Å². The molecule has 1 aromatic carbocycles. The Morgan fingerprint density at radius 1 is 1.38 bits per heavy atom. The minimum Gasteiger partial charge on any atom is -0.466 e. The minimum absolute atomic E-state index is 0.117. The van der Waals surface area contributed by atoms with Crippen LogP contribution in [-0.2, 0) is 9.53 Å². The van der Waals surface area contributed by atoms with Crippen LogP contribution in [-0.4, -0.2) is 34.7 Å². The van der Waals surface area contributed by atoms with Crippen LogP contribution in [0.1, 0.15) is 24.1 Å². The number of halogens is 3. The third kappa shape index (κ3) is 3.32. The van der Waals surface area contributed by atoms with Gasteiger partial charge in [-0.1, -0.05) is 29.8 Å². The van der Waals surface area contributed by atoms with Crippen molar-refractivity contribution in [3.8, 4) is 0 Å². The second-order valence-electron chi connectivity index (χ2n) is 5.48. The maximum atomic E-state index is 13.5. The van der Waals surface area contributed by atoms with Crippen LogP contribution in [0.15, 0.2) is 24.3 Å². The van der Waals surface area contributed by atoms with E-state index in [0.29, 0.717) is 5.56 Å². The number of nitrogens with one attached hydrogen (secondary N) is 2. The second kappa shape index (κ2) is 6.56. The van der Waals surface area contributed by atoms with E-state index in [1.807, 2.05) is 6.92 Å². The van der Waals surface area contributed by atoms with Gasteiger partial charge in [-0.15, -0.1) is 0 Å². The molecule has 1 aromatic rings. The molecular weight excluding hydrogens is 345 g/mol. The fourth-order valence-electron chi connectivity index (χ4n) is 2.59. The van der Waals surface area contributed by atoms with Crippen molar-refractivity contribution < 1.29 is 27.8 Å². The van der Waals surface area contributed by atoms with E-state index in [1.165, 1.54) is 6.92 Å². The van der Waals surface area contributed by atoms with Crippen LogP contribution >= 0.6 is 12.2 Å². The minimum atomic E-state index is -5.14. The highest BCUT2D eigenvalue weighted by atomic mass is 32.1. The molecule has 0 spiro atoms. The summed E-state index contributed by atoms with van der Waals surface area (Å²) in [7, 11) is 0. The molecule has 3 N–H and O–H groups in total. The van der Waals surface area contributed by atoms with Crippen molar-refractivity contribution in [1.29, 1.82) is 0 Å². The van der Waals surface area contributed by atoms with Crippen LogP contribution < -0.4 is 10.6 Å². The monoisotopic (exact) mass is 362 g/mol. The van der Waals surface area contributed by atoms with Crippen LogP contribution in [0.25, 0.3) is 0 Å². The molecule has 0 radical (unpaired) electrons. The summed E-state index contributed by atoms with van der Waals surface area (Å²) >= 11 is 4.80. The first-order valence-corrected chi connectivity index (χ1v) is 7.62. The fourth-order valence-corrected chi connectivity index (χ4v) is 2.87. The quantitative estimate of drug-likeness (QED) is 0.564. The van der Waals surface area contributed by atoms with Crippen molar-refractivity contribution in [3.63, 3.8) is 0 Å². The summed E-state index contributed by atoms with van der Waals surface area (Å²) in [5.74, 6) is -3.14. The molecule has 0 amide bonds. The number of ether oxygens (including phenoxy) is 1. The van der Waals surface area contributed by atoms with E-state index in [4.69, 9.17) is 17.0 Å². The van der Waals surface area contributed by atoms with Crippen molar-refractivity contribution in [2.24, 2.45) is 5.92 Å². The van der Waals surface area contributed by atoms with E-state index in [2.05, 4.69) is 5.32 Å². The van der Waals surface area contributed by atoms with E-state index >= 15 is 0 Å². The lowest BCUT2D eigenvalue weighted by Crippen LogP contribution is -2.73. The molecule has 1 heterocycles. The lowest BCUT2D eigenvalue weighted by atomic mass is 9.82. The molecule has 132 valence electrons. The highest BCUT2D eigenvalue weighted by Crippen LogP contribution is 2.43. The summed E-state index contributed by atoms with van der Waals surface area (Å²) in [4.78, 5) is 12.2. The molecule has 0 bridgehead atoms. The zero-order valence-corrected chi connectivity index (χ0v) is 13.8. The Morgan fingerprint density at radius 3 is 2.46 bits per heavy atom. The van der Waals surface area contributed by atoms with E-state index in [9.17, 15) is 23.1 Å². The number of carbonyl (C=O) groups excluding carboxylic acids is 1. The number of thiocarbonyl (C=S) groups is 1. The van der Waals surface area contributed by atoms with Gasteiger partial charge in [0.2, 0.25) is 0 Å². The number of alkyl halides is 3. The molecule has 5 nitrogen and oxygen atoms in total. The van der Waals surface area contributed by atoms with E-state index < -0.39 is 34.9 Å². The van der Waals surface area contributed by atoms with Crippen LogP contribution in [0.4, 0.5) is 13.2 Å². The second-order valence-corrected chi connectivity index (χ2v) is 5.89. The van der Waals surface area contributed by atoms with E-state index in [0.717, 1.165) is 5.56 Å². The Kier molecular flexibility index (Phi) is 5.05. The number of aryl methyl sites for hydroxylation is 1. The van der Waals surface area contributed by atoms with E-state index in [-0.39, 0.29) is 6.61 Å². The van der Waals surface area contributed by atoms with Gasteiger partial charge in [0, 0.05) is 0 Å². The predicted octanol–water partition coefficient (Wildman–Crippen LogP) is 1.94. The Labute approximate surface area is 142 Å². The number of carbonyl (C=O) groups is 1. The zero-order valence-electron chi connectivity index (χ0n) is 13.0. The molecule has 1 fully saturated rings. The lowest BCUT2D eigenvalue weighted by molar-refractivity contribution is -0.292. The average molecular weight is 362 g/mol. The zero-order chi connectivity index (χ0) is 18.1. The largest absolute Gasteiger partial charge is 0.466 e. The van der Waals surface area contributed by atoms with Gasteiger partial charge in [0.05, 0.1) is 12.6 Å². The summed E-state index contributed by atoms with van der Waals surface area (Å²) in [6.45, 7) is 3.17. The summed E-state index contributed by atoms with van der Waals surface area (Å²) in [6, 6.07) is 5.34. The number of hydrogen-bond acceptors (Lipinski definition) is 4. The highest BCUT2D eigenvalue weighted by molar-refractivity contribution is 7.80. The SMILES string of the molecule is CCOC(=O)C1C(c2ccc(C)cc2)NC(=S)NC1(O)C(F)(F)F. The summed E-state index contributed by atoms with van der Waals surface area (Å²) in [6.07, 6.45) is -5.14. The van der Waals surface area contributed by atoms with Crippen LogP contribution in [0.2, 0.25) is 0 Å². The topological polar surface area (TPSA) is 70.6 Å². The van der Waals surface area contributed by atoms with Crippen molar-refractivity contribution >= 4 is 23.3 Å². The molecule has 0 aliphatic carbocycles. The van der Waals surface area contributed by atoms with Crippen molar-refractivity contribution in [3.05, 3.63) is 35.4 Å². The Morgan fingerprint density at radius 2 is 1.96 bits per heavy atom. The van der Waals surface area contributed by atoms with Gasteiger partial charge < -0.3 is 20.5 Å². The molecule has 0 saturated carbocycles.